The summed E-state index contributed by atoms with van der Waals surface area (Å²) in [5.74, 6) is 0. The first-order chi connectivity index (χ1) is 15.9. The van der Waals surface area contributed by atoms with Crippen molar-refractivity contribution in [2.45, 2.75) is 23.3 Å². The monoisotopic (exact) mass is 457 g/mol. The molecule has 5 rings (SSSR count). The van der Waals surface area contributed by atoms with Gasteiger partial charge in [-0.2, -0.15) is 0 Å². The third-order valence-corrected chi connectivity index (χ3v) is 7.25. The predicted octanol–water partition coefficient (Wildman–Crippen LogP) is 2.71. The molecule has 1 N–H and O–H groups in total. The largest absolute Gasteiger partial charge is 0.305 e. The van der Waals surface area contributed by atoms with Crippen molar-refractivity contribution in [2.24, 2.45) is 0 Å². The number of hydrogen-bond donors (Lipinski definition) is 1. The van der Waals surface area contributed by atoms with Crippen molar-refractivity contribution >= 4 is 26.5 Å². The molecule has 0 unspecified atom stereocenters. The van der Waals surface area contributed by atoms with Crippen molar-refractivity contribution in [3.8, 4) is 0 Å². The molecule has 0 aliphatic carbocycles. The Balaban J connectivity index is 1.88. The van der Waals surface area contributed by atoms with Gasteiger partial charge in [0.1, 0.15) is 21.7 Å². The highest BCUT2D eigenvalue weighted by atomic mass is 32.2. The van der Waals surface area contributed by atoms with Gasteiger partial charge in [0, 0.05) is 18.6 Å². The standard InChI is InChI=1S/C24H19N5O3S/c1-16-7-9-18(10-8-16)33(31,32)20-13-19-23(27-21-6-2-3-12-28(21)24(19)30)29(22(20)25)15-17-5-4-11-26-14-17/h2-14,25H,15H2,1H3. The number of sulfone groups is 1. The molecule has 0 spiro atoms. The van der Waals surface area contributed by atoms with Crippen molar-refractivity contribution in [1.82, 2.24) is 18.9 Å². The van der Waals surface area contributed by atoms with Crippen molar-refractivity contribution in [1.29, 1.82) is 5.41 Å². The third-order valence-electron chi connectivity index (χ3n) is 5.47. The molecule has 1 aromatic carbocycles. The van der Waals surface area contributed by atoms with Gasteiger partial charge in [0.25, 0.3) is 5.56 Å². The zero-order valence-corrected chi connectivity index (χ0v) is 18.5. The number of nitrogens with zero attached hydrogens (tertiary/aromatic N) is 4. The van der Waals surface area contributed by atoms with Gasteiger partial charge in [-0.05, 0) is 48.9 Å². The Morgan fingerprint density at radius 3 is 2.55 bits per heavy atom. The van der Waals surface area contributed by atoms with E-state index < -0.39 is 15.4 Å². The van der Waals surface area contributed by atoms with Gasteiger partial charge in [0.15, 0.2) is 0 Å². The lowest BCUT2D eigenvalue weighted by atomic mass is 10.2. The Labute approximate surface area is 188 Å². The van der Waals surface area contributed by atoms with Gasteiger partial charge in [-0.1, -0.05) is 29.8 Å². The molecule has 164 valence electrons. The van der Waals surface area contributed by atoms with Crippen molar-refractivity contribution in [3.63, 3.8) is 0 Å². The van der Waals surface area contributed by atoms with E-state index in [0.29, 0.717) is 5.65 Å². The van der Waals surface area contributed by atoms with Crippen LogP contribution in [0.1, 0.15) is 11.1 Å². The van der Waals surface area contributed by atoms with Gasteiger partial charge in [-0.3, -0.25) is 19.6 Å². The SMILES string of the molecule is Cc1ccc(S(=O)(=O)c2cc3c(=O)n4ccccc4nc3n(Cc3cccnc3)c2=N)cc1. The second-order valence-corrected chi connectivity index (χ2v) is 9.62. The number of benzene rings is 1. The van der Waals surface area contributed by atoms with E-state index >= 15 is 0 Å². The van der Waals surface area contributed by atoms with Gasteiger partial charge in [0.2, 0.25) is 9.84 Å². The highest BCUT2D eigenvalue weighted by molar-refractivity contribution is 7.91. The van der Waals surface area contributed by atoms with Crippen molar-refractivity contribution in [2.75, 3.05) is 0 Å². The van der Waals surface area contributed by atoms with Gasteiger partial charge in [0.05, 0.1) is 16.8 Å². The van der Waals surface area contributed by atoms with Crippen LogP contribution in [0, 0.1) is 12.3 Å². The second-order valence-electron chi connectivity index (χ2n) is 7.70. The highest BCUT2D eigenvalue weighted by Crippen LogP contribution is 2.21. The van der Waals surface area contributed by atoms with Crippen LogP contribution in [-0.2, 0) is 16.4 Å². The van der Waals surface area contributed by atoms with E-state index in [9.17, 15) is 13.2 Å². The molecular weight excluding hydrogens is 438 g/mol. The van der Waals surface area contributed by atoms with E-state index in [2.05, 4.69) is 9.97 Å². The van der Waals surface area contributed by atoms with Crippen molar-refractivity contribution in [3.05, 3.63) is 106 Å². The van der Waals surface area contributed by atoms with E-state index in [-0.39, 0.29) is 32.9 Å². The van der Waals surface area contributed by atoms with E-state index in [1.807, 2.05) is 13.0 Å². The summed E-state index contributed by atoms with van der Waals surface area (Å²) in [6, 6.07) is 16.4. The van der Waals surface area contributed by atoms with Crippen molar-refractivity contribution < 1.29 is 8.42 Å². The summed E-state index contributed by atoms with van der Waals surface area (Å²) in [6.07, 6.45) is 4.84. The summed E-state index contributed by atoms with van der Waals surface area (Å²) < 4.78 is 29.8. The first-order valence-corrected chi connectivity index (χ1v) is 11.6. The zero-order chi connectivity index (χ0) is 23.2. The Bertz CT molecular complexity index is 1740. The molecule has 0 atom stereocenters. The van der Waals surface area contributed by atoms with Crippen LogP contribution in [0.4, 0.5) is 0 Å². The summed E-state index contributed by atoms with van der Waals surface area (Å²) in [4.78, 5) is 21.8. The highest BCUT2D eigenvalue weighted by Gasteiger charge is 2.24. The number of rotatable bonds is 4. The molecule has 0 saturated carbocycles. The minimum Gasteiger partial charge on any atom is -0.305 e. The maximum absolute atomic E-state index is 13.5. The number of hydrogen-bond acceptors (Lipinski definition) is 6. The van der Waals surface area contributed by atoms with Crippen LogP contribution in [0.25, 0.3) is 16.7 Å². The molecule has 0 aliphatic rings. The van der Waals surface area contributed by atoms with Crippen LogP contribution >= 0.6 is 0 Å². The number of fused-ring (bicyclic) bond motifs is 2. The maximum Gasteiger partial charge on any atom is 0.267 e. The predicted molar refractivity (Wildman–Crippen MR) is 123 cm³/mol. The first kappa shape index (κ1) is 20.8. The van der Waals surface area contributed by atoms with E-state index in [0.717, 1.165) is 11.1 Å². The fourth-order valence-corrected chi connectivity index (χ4v) is 5.12. The van der Waals surface area contributed by atoms with Gasteiger partial charge in [-0.25, -0.2) is 13.4 Å². The van der Waals surface area contributed by atoms with Gasteiger partial charge in [-0.15, -0.1) is 0 Å². The molecule has 0 radical (unpaired) electrons. The average Bonchev–Trinajstić information content (AvgIpc) is 2.82. The van der Waals surface area contributed by atoms with Crippen LogP contribution in [-0.4, -0.2) is 27.4 Å². The number of aromatic nitrogens is 4. The van der Waals surface area contributed by atoms with E-state index in [1.54, 1.807) is 55.0 Å². The molecule has 0 saturated heterocycles. The second kappa shape index (κ2) is 7.79. The molecule has 5 aromatic rings. The lowest BCUT2D eigenvalue weighted by molar-refractivity contribution is 0.591. The molecule has 0 aliphatic heterocycles. The van der Waals surface area contributed by atoms with Gasteiger partial charge >= 0.3 is 0 Å². The summed E-state index contributed by atoms with van der Waals surface area (Å²) in [7, 11) is -4.06. The molecule has 8 nitrogen and oxygen atoms in total. The minimum atomic E-state index is -4.06. The number of aryl methyl sites for hydroxylation is 1. The minimum absolute atomic E-state index is 0.0581. The summed E-state index contributed by atoms with van der Waals surface area (Å²) >= 11 is 0. The molecule has 33 heavy (non-hydrogen) atoms. The van der Waals surface area contributed by atoms with Crippen LogP contribution in [0.2, 0.25) is 0 Å². The maximum atomic E-state index is 13.5. The van der Waals surface area contributed by atoms with Crippen LogP contribution < -0.4 is 11.0 Å². The molecular formula is C24H19N5O3S. The Kier molecular flexibility index (Phi) is 4.90. The molecule has 4 aromatic heterocycles. The number of pyridine rings is 3. The molecule has 0 amide bonds. The first-order valence-electron chi connectivity index (χ1n) is 10.2. The lowest BCUT2D eigenvalue weighted by Crippen LogP contribution is -2.30. The number of nitrogens with one attached hydrogen (secondary N) is 1. The summed E-state index contributed by atoms with van der Waals surface area (Å²) in [6.45, 7) is 2.00. The normalized spacial score (nSPS) is 11.8. The van der Waals surface area contributed by atoms with Crippen LogP contribution in [0.5, 0.6) is 0 Å². The summed E-state index contributed by atoms with van der Waals surface area (Å²) in [5.41, 5.74) is 1.65. The van der Waals surface area contributed by atoms with Crippen LogP contribution in [0.15, 0.2) is 93.8 Å². The van der Waals surface area contributed by atoms with Gasteiger partial charge < -0.3 is 4.57 Å². The average molecular weight is 458 g/mol. The Morgan fingerprint density at radius 2 is 1.82 bits per heavy atom. The molecule has 4 heterocycles. The summed E-state index contributed by atoms with van der Waals surface area (Å²) in [5, 5.41) is 8.93. The third kappa shape index (κ3) is 3.52. The molecule has 0 fully saturated rings. The smallest absolute Gasteiger partial charge is 0.267 e. The zero-order valence-electron chi connectivity index (χ0n) is 17.6. The van der Waals surface area contributed by atoms with E-state index in [1.165, 1.54) is 27.2 Å². The molecule has 0 bridgehead atoms. The lowest BCUT2D eigenvalue weighted by Gasteiger charge is -2.15. The Hall–Kier alpha value is -4.11. The topological polar surface area (TPSA) is 110 Å². The quantitative estimate of drug-likeness (QED) is 0.417. The Morgan fingerprint density at radius 1 is 1.03 bits per heavy atom. The van der Waals surface area contributed by atoms with Crippen LogP contribution in [0.3, 0.4) is 0 Å². The molecule has 9 heteroatoms. The fraction of sp³-hybridized carbons (Fsp3) is 0.0833. The fourth-order valence-electron chi connectivity index (χ4n) is 3.74. The van der Waals surface area contributed by atoms with E-state index in [4.69, 9.17) is 5.41 Å².